The molecule has 0 atom stereocenters. The van der Waals surface area contributed by atoms with Crippen LogP contribution in [0.15, 0.2) is 18.2 Å². The van der Waals surface area contributed by atoms with Gasteiger partial charge in [-0.15, -0.1) is 0 Å². The molecule has 1 rings (SSSR count). The molecule has 0 fully saturated rings. The average Bonchev–Trinajstić information content (AvgIpc) is 2.45. The molecule has 1 N–H and O–H groups in total. The van der Waals surface area contributed by atoms with Gasteiger partial charge in [-0.25, -0.2) is 4.79 Å². The summed E-state index contributed by atoms with van der Waals surface area (Å²) in [5, 5.41) is 9.13. The second-order valence-corrected chi connectivity index (χ2v) is 5.71. The molecule has 0 aliphatic carbocycles. The maximum Gasteiger partial charge on any atom is 0.339 e. The molecule has 0 radical (unpaired) electrons. The number of ether oxygens (including phenoxy) is 1. The highest BCUT2D eigenvalue weighted by Crippen LogP contribution is 2.21. The molecule has 0 aromatic heterocycles. The summed E-state index contributed by atoms with van der Waals surface area (Å²) in [7, 11) is 0. The first-order chi connectivity index (χ1) is 9.99. The van der Waals surface area contributed by atoms with Crippen LogP contribution in [0.4, 0.5) is 0 Å². The molecular formula is C15H20INO4. The van der Waals surface area contributed by atoms with Gasteiger partial charge in [0.2, 0.25) is 5.91 Å². The summed E-state index contributed by atoms with van der Waals surface area (Å²) in [4.78, 5) is 24.7. The Hall–Kier alpha value is -1.31. The lowest BCUT2D eigenvalue weighted by atomic mass is 10.2. The Kier molecular flexibility index (Phi) is 7.49. The molecule has 6 heteroatoms. The summed E-state index contributed by atoms with van der Waals surface area (Å²) in [5.74, 6) is -0.564. The van der Waals surface area contributed by atoms with Crippen molar-refractivity contribution >= 4 is 34.5 Å². The van der Waals surface area contributed by atoms with Gasteiger partial charge in [0, 0.05) is 23.1 Å². The topological polar surface area (TPSA) is 66.8 Å². The Labute approximate surface area is 138 Å². The molecule has 116 valence electrons. The number of benzene rings is 1. The number of nitrogens with zero attached hydrogens (tertiary/aromatic N) is 1. The molecule has 0 aliphatic rings. The second kappa shape index (κ2) is 8.86. The van der Waals surface area contributed by atoms with E-state index in [1.54, 1.807) is 23.1 Å². The van der Waals surface area contributed by atoms with Gasteiger partial charge in [0.1, 0.15) is 11.3 Å². The van der Waals surface area contributed by atoms with Crippen molar-refractivity contribution in [1.82, 2.24) is 4.90 Å². The van der Waals surface area contributed by atoms with Crippen LogP contribution in [0.3, 0.4) is 0 Å². The highest BCUT2D eigenvalue weighted by atomic mass is 127. The van der Waals surface area contributed by atoms with Crippen molar-refractivity contribution in [3.63, 3.8) is 0 Å². The lowest BCUT2D eigenvalue weighted by Gasteiger charge is -2.18. The van der Waals surface area contributed by atoms with E-state index in [-0.39, 0.29) is 11.5 Å². The van der Waals surface area contributed by atoms with Crippen molar-refractivity contribution in [3.8, 4) is 5.75 Å². The van der Waals surface area contributed by atoms with E-state index in [0.717, 1.165) is 3.57 Å². The van der Waals surface area contributed by atoms with Crippen LogP contribution in [0, 0.1) is 3.57 Å². The van der Waals surface area contributed by atoms with Crippen molar-refractivity contribution in [1.29, 1.82) is 0 Å². The molecular weight excluding hydrogens is 385 g/mol. The smallest absolute Gasteiger partial charge is 0.339 e. The van der Waals surface area contributed by atoms with E-state index < -0.39 is 5.97 Å². The SMILES string of the molecule is CCN(CC)C(=O)CCCOc1ccc(I)cc1C(=O)O. The zero-order valence-electron chi connectivity index (χ0n) is 12.3. The maximum atomic E-state index is 11.8. The van der Waals surface area contributed by atoms with E-state index in [1.807, 2.05) is 13.8 Å². The minimum absolute atomic E-state index is 0.102. The summed E-state index contributed by atoms with van der Waals surface area (Å²) >= 11 is 2.06. The summed E-state index contributed by atoms with van der Waals surface area (Å²) in [6.45, 7) is 5.63. The van der Waals surface area contributed by atoms with Crippen molar-refractivity contribution in [2.24, 2.45) is 0 Å². The fraction of sp³-hybridized carbons (Fsp3) is 0.467. The van der Waals surface area contributed by atoms with E-state index in [9.17, 15) is 9.59 Å². The first-order valence-electron chi connectivity index (χ1n) is 6.93. The van der Waals surface area contributed by atoms with Gasteiger partial charge in [-0.2, -0.15) is 0 Å². The number of carbonyl (C=O) groups is 2. The van der Waals surface area contributed by atoms with Crippen molar-refractivity contribution in [2.45, 2.75) is 26.7 Å². The zero-order chi connectivity index (χ0) is 15.8. The van der Waals surface area contributed by atoms with Crippen LogP contribution in [-0.4, -0.2) is 41.6 Å². The number of amides is 1. The Morgan fingerprint density at radius 1 is 1.29 bits per heavy atom. The van der Waals surface area contributed by atoms with Crippen LogP contribution in [0.25, 0.3) is 0 Å². The fourth-order valence-corrected chi connectivity index (χ4v) is 2.43. The maximum absolute atomic E-state index is 11.8. The van der Waals surface area contributed by atoms with Crippen LogP contribution >= 0.6 is 22.6 Å². The molecule has 21 heavy (non-hydrogen) atoms. The summed E-state index contributed by atoms with van der Waals surface area (Å²) < 4.78 is 6.34. The molecule has 1 aromatic rings. The van der Waals surface area contributed by atoms with E-state index >= 15 is 0 Å². The number of carbonyl (C=O) groups excluding carboxylic acids is 1. The predicted octanol–water partition coefficient (Wildman–Crippen LogP) is 3.02. The third kappa shape index (κ3) is 5.53. The molecule has 0 saturated carbocycles. The molecule has 0 heterocycles. The minimum atomic E-state index is -1.01. The van der Waals surface area contributed by atoms with Crippen molar-refractivity contribution in [2.75, 3.05) is 19.7 Å². The first kappa shape index (κ1) is 17.7. The summed E-state index contributed by atoms with van der Waals surface area (Å²) in [5.41, 5.74) is 0.150. The Morgan fingerprint density at radius 2 is 1.95 bits per heavy atom. The predicted molar refractivity (Wildman–Crippen MR) is 88.8 cm³/mol. The zero-order valence-corrected chi connectivity index (χ0v) is 14.4. The first-order valence-corrected chi connectivity index (χ1v) is 8.00. The van der Waals surface area contributed by atoms with Gasteiger partial charge in [-0.3, -0.25) is 4.79 Å². The molecule has 0 unspecified atom stereocenters. The van der Waals surface area contributed by atoms with Crippen LogP contribution in [0.5, 0.6) is 5.75 Å². The van der Waals surface area contributed by atoms with Crippen molar-refractivity contribution < 1.29 is 19.4 Å². The number of hydrogen-bond donors (Lipinski definition) is 1. The van der Waals surface area contributed by atoms with E-state index in [0.29, 0.717) is 38.3 Å². The number of carboxylic acid groups (broad SMARTS) is 1. The van der Waals surface area contributed by atoms with Crippen LogP contribution in [0.2, 0.25) is 0 Å². The Bertz CT molecular complexity index is 500. The number of carboxylic acids is 1. The molecule has 5 nitrogen and oxygen atoms in total. The molecule has 0 aliphatic heterocycles. The van der Waals surface area contributed by atoms with E-state index in [4.69, 9.17) is 9.84 Å². The van der Waals surface area contributed by atoms with E-state index in [1.165, 1.54) is 0 Å². The molecule has 1 amide bonds. The largest absolute Gasteiger partial charge is 0.493 e. The van der Waals surface area contributed by atoms with Gasteiger partial charge in [0.05, 0.1) is 6.61 Å². The van der Waals surface area contributed by atoms with Crippen LogP contribution in [0.1, 0.15) is 37.0 Å². The lowest BCUT2D eigenvalue weighted by Crippen LogP contribution is -2.30. The van der Waals surface area contributed by atoms with Gasteiger partial charge in [0.15, 0.2) is 0 Å². The molecule has 1 aromatic carbocycles. The van der Waals surface area contributed by atoms with E-state index in [2.05, 4.69) is 22.6 Å². The summed E-state index contributed by atoms with van der Waals surface area (Å²) in [6, 6.07) is 5.01. The van der Waals surface area contributed by atoms with Crippen molar-refractivity contribution in [3.05, 3.63) is 27.3 Å². The Balaban J connectivity index is 2.50. The third-order valence-corrected chi connectivity index (χ3v) is 3.75. The average molecular weight is 405 g/mol. The molecule has 0 spiro atoms. The normalized spacial score (nSPS) is 10.2. The number of aromatic carboxylic acids is 1. The minimum Gasteiger partial charge on any atom is -0.493 e. The summed E-state index contributed by atoms with van der Waals surface area (Å²) in [6.07, 6.45) is 0.981. The highest BCUT2D eigenvalue weighted by Gasteiger charge is 2.13. The number of rotatable bonds is 8. The highest BCUT2D eigenvalue weighted by molar-refractivity contribution is 14.1. The second-order valence-electron chi connectivity index (χ2n) is 4.46. The van der Waals surface area contributed by atoms with Crippen LogP contribution in [-0.2, 0) is 4.79 Å². The van der Waals surface area contributed by atoms with Gasteiger partial charge >= 0.3 is 5.97 Å². The fourth-order valence-electron chi connectivity index (χ4n) is 1.94. The lowest BCUT2D eigenvalue weighted by molar-refractivity contribution is -0.131. The van der Waals surface area contributed by atoms with Gasteiger partial charge < -0.3 is 14.7 Å². The monoisotopic (exact) mass is 405 g/mol. The molecule has 0 saturated heterocycles. The van der Waals surface area contributed by atoms with Gasteiger partial charge in [0.25, 0.3) is 0 Å². The third-order valence-electron chi connectivity index (χ3n) is 3.08. The Morgan fingerprint density at radius 3 is 2.52 bits per heavy atom. The number of hydrogen-bond acceptors (Lipinski definition) is 3. The van der Waals surface area contributed by atoms with Gasteiger partial charge in [-0.1, -0.05) is 0 Å². The number of halogens is 1. The molecule has 0 bridgehead atoms. The van der Waals surface area contributed by atoms with Gasteiger partial charge in [-0.05, 0) is 61.1 Å². The quantitative estimate of drug-likeness (QED) is 0.534. The van der Waals surface area contributed by atoms with Crippen LogP contribution < -0.4 is 4.74 Å². The standard InChI is InChI=1S/C15H20INO4/c1-3-17(4-2)14(18)6-5-9-21-13-8-7-11(16)10-12(13)15(19)20/h7-8,10H,3-6,9H2,1-2H3,(H,19,20).